The predicted octanol–water partition coefficient (Wildman–Crippen LogP) is 3.75. The summed E-state index contributed by atoms with van der Waals surface area (Å²) in [6, 6.07) is 3.10. The summed E-state index contributed by atoms with van der Waals surface area (Å²) >= 11 is 0. The number of rotatable bonds is 3. The van der Waals surface area contributed by atoms with E-state index >= 15 is 0 Å². The quantitative estimate of drug-likeness (QED) is 0.563. The number of allylic oxidation sites excluding steroid dienone is 1. The van der Waals surface area contributed by atoms with E-state index in [1.165, 1.54) is 25.7 Å². The highest BCUT2D eigenvalue weighted by Gasteiger charge is 2.27. The fourth-order valence-electron chi connectivity index (χ4n) is 1.88. The van der Waals surface area contributed by atoms with E-state index in [4.69, 9.17) is 0 Å². The molecule has 0 spiro atoms. The molecular formula is C10H20Si. The molecule has 0 aromatic heterocycles. The van der Waals surface area contributed by atoms with E-state index in [9.17, 15) is 0 Å². The average molecular weight is 168 g/mol. The second kappa shape index (κ2) is 4.10. The van der Waals surface area contributed by atoms with Crippen molar-refractivity contribution in [3.63, 3.8) is 0 Å². The van der Waals surface area contributed by atoms with Crippen LogP contribution in [0.15, 0.2) is 11.8 Å². The Morgan fingerprint density at radius 2 is 1.91 bits per heavy atom. The first-order valence-electron chi connectivity index (χ1n) is 4.94. The van der Waals surface area contributed by atoms with Gasteiger partial charge in [-0.15, -0.1) is 0 Å². The Balaban J connectivity index is 2.33. The summed E-state index contributed by atoms with van der Waals surface area (Å²) in [5, 5.41) is 0. The van der Waals surface area contributed by atoms with Gasteiger partial charge in [-0.05, 0) is 6.42 Å². The molecule has 0 saturated carbocycles. The van der Waals surface area contributed by atoms with Crippen LogP contribution < -0.4 is 0 Å². The molecule has 1 rings (SSSR count). The third kappa shape index (κ3) is 2.82. The van der Waals surface area contributed by atoms with Crippen LogP contribution in [0.2, 0.25) is 18.6 Å². The van der Waals surface area contributed by atoms with Crippen molar-refractivity contribution in [2.45, 2.75) is 51.2 Å². The van der Waals surface area contributed by atoms with Gasteiger partial charge in [-0.1, -0.05) is 56.6 Å². The van der Waals surface area contributed by atoms with E-state index < -0.39 is 8.07 Å². The van der Waals surface area contributed by atoms with E-state index in [2.05, 4.69) is 25.2 Å². The van der Waals surface area contributed by atoms with Crippen molar-refractivity contribution in [3.05, 3.63) is 11.8 Å². The average Bonchev–Trinajstić information content (AvgIpc) is 2.38. The molecule has 0 radical (unpaired) electrons. The topological polar surface area (TPSA) is 0 Å². The molecular weight excluding hydrogens is 148 g/mol. The van der Waals surface area contributed by atoms with Crippen molar-refractivity contribution >= 4 is 8.07 Å². The monoisotopic (exact) mass is 168 g/mol. The Hall–Kier alpha value is -0.0431. The van der Waals surface area contributed by atoms with Gasteiger partial charge in [0.05, 0.1) is 8.07 Å². The van der Waals surface area contributed by atoms with Gasteiger partial charge >= 0.3 is 0 Å². The van der Waals surface area contributed by atoms with Crippen LogP contribution >= 0.6 is 0 Å². The summed E-state index contributed by atoms with van der Waals surface area (Å²) in [6.45, 7) is 4.79. The molecule has 0 aliphatic carbocycles. The molecule has 0 bridgehead atoms. The van der Waals surface area contributed by atoms with Gasteiger partial charge in [0, 0.05) is 0 Å². The van der Waals surface area contributed by atoms with Crippen LogP contribution in [0, 0.1) is 0 Å². The number of hydrogen-bond acceptors (Lipinski definition) is 0. The lowest BCUT2D eigenvalue weighted by Gasteiger charge is -2.14. The summed E-state index contributed by atoms with van der Waals surface area (Å²) in [5.74, 6) is 0. The van der Waals surface area contributed by atoms with Gasteiger partial charge in [-0.2, -0.15) is 0 Å². The minimum absolute atomic E-state index is 0.804. The summed E-state index contributed by atoms with van der Waals surface area (Å²) in [6.07, 6.45) is 8.03. The minimum atomic E-state index is -0.804. The van der Waals surface area contributed by atoms with Crippen molar-refractivity contribution < 1.29 is 0 Å². The molecule has 0 aromatic carbocycles. The van der Waals surface area contributed by atoms with Crippen molar-refractivity contribution in [3.8, 4) is 0 Å². The highest BCUT2D eigenvalue weighted by atomic mass is 28.3. The van der Waals surface area contributed by atoms with E-state index in [0.29, 0.717) is 0 Å². The van der Waals surface area contributed by atoms with Gasteiger partial charge in [0.2, 0.25) is 0 Å². The second-order valence-corrected chi connectivity index (χ2v) is 8.69. The Kier molecular flexibility index (Phi) is 3.37. The summed E-state index contributed by atoms with van der Waals surface area (Å²) in [4.78, 5) is 0. The molecule has 0 atom stereocenters. The molecule has 0 amide bonds. The van der Waals surface area contributed by atoms with Crippen LogP contribution in [0.1, 0.15) is 32.6 Å². The normalized spacial score (nSPS) is 23.1. The Morgan fingerprint density at radius 3 is 2.45 bits per heavy atom. The summed E-state index contributed by atoms with van der Waals surface area (Å²) < 4.78 is 0. The van der Waals surface area contributed by atoms with Gasteiger partial charge in [0.15, 0.2) is 0 Å². The van der Waals surface area contributed by atoms with E-state index in [-0.39, 0.29) is 0 Å². The molecule has 64 valence electrons. The molecule has 1 fully saturated rings. The van der Waals surface area contributed by atoms with E-state index in [1.807, 2.05) is 0 Å². The Morgan fingerprint density at radius 1 is 1.27 bits per heavy atom. The highest BCUT2D eigenvalue weighted by Crippen LogP contribution is 2.30. The number of hydrogen-bond donors (Lipinski definition) is 0. The smallest absolute Gasteiger partial charge is 0.0743 e. The SMILES string of the molecule is CCCC=C[Si]1(C)CCCC1. The molecule has 0 aromatic rings. The number of unbranched alkanes of at least 4 members (excludes halogenated alkanes) is 1. The maximum Gasteiger partial charge on any atom is 0.0743 e. The minimum Gasteiger partial charge on any atom is -0.0984 e. The fraction of sp³-hybridized carbons (Fsp3) is 0.800. The van der Waals surface area contributed by atoms with Crippen LogP contribution in [0.3, 0.4) is 0 Å². The molecule has 0 nitrogen and oxygen atoms in total. The van der Waals surface area contributed by atoms with Crippen molar-refractivity contribution in [2.24, 2.45) is 0 Å². The zero-order valence-corrected chi connectivity index (χ0v) is 8.90. The molecule has 1 aliphatic heterocycles. The van der Waals surface area contributed by atoms with Crippen molar-refractivity contribution in [1.82, 2.24) is 0 Å². The highest BCUT2D eigenvalue weighted by molar-refractivity contribution is 6.83. The predicted molar refractivity (Wildman–Crippen MR) is 54.5 cm³/mol. The molecule has 1 aliphatic rings. The standard InChI is InChI=1S/C10H20Si/c1-3-4-5-8-11(2)9-6-7-10-11/h5,8H,3-4,6-7,9-10H2,1-2H3. The Bertz CT molecular complexity index is 132. The molecule has 1 heterocycles. The Labute approximate surface area is 71.7 Å². The molecule has 0 N–H and O–H groups in total. The van der Waals surface area contributed by atoms with Crippen LogP contribution in [0.5, 0.6) is 0 Å². The first-order chi connectivity index (χ1) is 5.27. The zero-order chi connectivity index (χ0) is 8.16. The largest absolute Gasteiger partial charge is 0.0984 e. The maximum absolute atomic E-state index is 2.59. The van der Waals surface area contributed by atoms with Gasteiger partial charge in [0.25, 0.3) is 0 Å². The molecule has 11 heavy (non-hydrogen) atoms. The lowest BCUT2D eigenvalue weighted by molar-refractivity contribution is 0.935. The first-order valence-corrected chi connectivity index (χ1v) is 7.94. The summed E-state index contributed by atoms with van der Waals surface area (Å²) in [7, 11) is -0.804. The van der Waals surface area contributed by atoms with Crippen molar-refractivity contribution in [2.75, 3.05) is 0 Å². The van der Waals surface area contributed by atoms with Gasteiger partial charge in [-0.3, -0.25) is 0 Å². The molecule has 0 unspecified atom stereocenters. The summed E-state index contributed by atoms with van der Waals surface area (Å²) in [5.41, 5.74) is 2.59. The van der Waals surface area contributed by atoms with Gasteiger partial charge in [-0.25, -0.2) is 0 Å². The third-order valence-electron chi connectivity index (χ3n) is 2.72. The fourth-order valence-corrected chi connectivity index (χ4v) is 5.32. The van der Waals surface area contributed by atoms with Crippen LogP contribution in [0.4, 0.5) is 0 Å². The second-order valence-electron chi connectivity index (χ2n) is 4.05. The first kappa shape index (κ1) is 9.05. The van der Waals surface area contributed by atoms with Crippen LogP contribution in [-0.4, -0.2) is 8.07 Å². The maximum atomic E-state index is 2.59. The van der Waals surface area contributed by atoms with Gasteiger partial charge in [0.1, 0.15) is 0 Å². The molecule has 1 saturated heterocycles. The molecule has 1 heteroatoms. The van der Waals surface area contributed by atoms with E-state index in [1.54, 1.807) is 12.1 Å². The zero-order valence-electron chi connectivity index (χ0n) is 7.90. The van der Waals surface area contributed by atoms with Crippen molar-refractivity contribution in [1.29, 1.82) is 0 Å². The van der Waals surface area contributed by atoms with Crippen LogP contribution in [0.25, 0.3) is 0 Å². The lowest BCUT2D eigenvalue weighted by Crippen LogP contribution is -2.21. The van der Waals surface area contributed by atoms with Crippen LogP contribution in [-0.2, 0) is 0 Å². The lowest BCUT2D eigenvalue weighted by atomic mass is 10.3. The third-order valence-corrected chi connectivity index (χ3v) is 6.75. The van der Waals surface area contributed by atoms with Gasteiger partial charge < -0.3 is 0 Å². The van der Waals surface area contributed by atoms with E-state index in [0.717, 1.165) is 0 Å².